The summed E-state index contributed by atoms with van der Waals surface area (Å²) in [6.07, 6.45) is 1.64. The third-order valence-electron chi connectivity index (χ3n) is 3.46. The van der Waals surface area contributed by atoms with E-state index in [1.807, 2.05) is 18.2 Å². The molecule has 6 heteroatoms. The quantitative estimate of drug-likeness (QED) is 0.698. The lowest BCUT2D eigenvalue weighted by Crippen LogP contribution is -2.28. The third-order valence-corrected chi connectivity index (χ3v) is 3.66. The number of esters is 1. The molecule has 0 spiro atoms. The lowest BCUT2D eigenvalue weighted by molar-refractivity contribution is -0.148. The molecule has 3 rings (SSSR count). The number of amides is 1. The zero-order valence-electron chi connectivity index (χ0n) is 11.6. The van der Waals surface area contributed by atoms with Gasteiger partial charge in [-0.05, 0) is 29.3 Å². The van der Waals surface area contributed by atoms with E-state index in [9.17, 15) is 9.59 Å². The lowest BCUT2D eigenvalue weighted by Gasteiger charge is -2.24. The number of ether oxygens (including phenoxy) is 1. The zero-order valence-corrected chi connectivity index (χ0v) is 12.3. The van der Waals surface area contributed by atoms with Crippen LogP contribution in [0.3, 0.4) is 0 Å². The highest BCUT2D eigenvalue weighted by molar-refractivity contribution is 6.29. The summed E-state index contributed by atoms with van der Waals surface area (Å²) >= 11 is 5.79. The van der Waals surface area contributed by atoms with Gasteiger partial charge in [0.05, 0.1) is 5.92 Å². The van der Waals surface area contributed by atoms with Gasteiger partial charge in [-0.2, -0.15) is 0 Å². The SMILES string of the molecule is O=C1CC(C(=O)OCc2ccnc(Cl)c2)c2ccccc2N1. The van der Waals surface area contributed by atoms with E-state index in [0.717, 1.165) is 11.1 Å². The smallest absolute Gasteiger partial charge is 0.314 e. The predicted molar refractivity (Wildman–Crippen MR) is 81.5 cm³/mol. The van der Waals surface area contributed by atoms with Gasteiger partial charge in [-0.15, -0.1) is 0 Å². The zero-order chi connectivity index (χ0) is 15.5. The van der Waals surface area contributed by atoms with Gasteiger partial charge in [-0.3, -0.25) is 9.59 Å². The molecule has 1 unspecified atom stereocenters. The van der Waals surface area contributed by atoms with Crippen molar-refractivity contribution in [3.63, 3.8) is 0 Å². The minimum absolute atomic E-state index is 0.0902. The summed E-state index contributed by atoms with van der Waals surface area (Å²) in [5, 5.41) is 3.10. The Kier molecular flexibility index (Phi) is 4.06. The molecule has 1 aliphatic rings. The summed E-state index contributed by atoms with van der Waals surface area (Å²) in [7, 11) is 0. The van der Waals surface area contributed by atoms with Crippen LogP contribution < -0.4 is 5.32 Å². The van der Waals surface area contributed by atoms with Crippen molar-refractivity contribution < 1.29 is 14.3 Å². The second-order valence-electron chi connectivity index (χ2n) is 4.99. The molecule has 22 heavy (non-hydrogen) atoms. The number of para-hydroxylation sites is 1. The van der Waals surface area contributed by atoms with Gasteiger partial charge < -0.3 is 10.1 Å². The molecule has 0 aliphatic carbocycles. The number of pyridine rings is 1. The number of rotatable bonds is 3. The number of anilines is 1. The van der Waals surface area contributed by atoms with Gasteiger partial charge in [0.2, 0.25) is 5.91 Å². The molecule has 1 atom stereocenters. The topological polar surface area (TPSA) is 68.3 Å². The molecule has 2 aromatic rings. The molecule has 0 radical (unpaired) electrons. The molecule has 1 N–H and O–H groups in total. The number of nitrogens with zero attached hydrogens (tertiary/aromatic N) is 1. The van der Waals surface area contributed by atoms with E-state index in [1.165, 1.54) is 0 Å². The summed E-state index contributed by atoms with van der Waals surface area (Å²) in [4.78, 5) is 27.9. The Bertz CT molecular complexity index is 733. The molecule has 1 amide bonds. The molecule has 0 saturated carbocycles. The number of nitrogens with one attached hydrogen (secondary N) is 1. The minimum Gasteiger partial charge on any atom is -0.460 e. The summed E-state index contributed by atoms with van der Waals surface area (Å²) in [5.74, 6) is -1.19. The van der Waals surface area contributed by atoms with Crippen molar-refractivity contribution in [2.24, 2.45) is 0 Å². The molecule has 5 nitrogen and oxygen atoms in total. The fourth-order valence-electron chi connectivity index (χ4n) is 2.41. The Labute approximate surface area is 132 Å². The number of carbonyl (C=O) groups excluding carboxylic acids is 2. The molecular formula is C16H13ClN2O3. The Morgan fingerprint density at radius 2 is 2.18 bits per heavy atom. The Hall–Kier alpha value is -2.40. The van der Waals surface area contributed by atoms with E-state index >= 15 is 0 Å². The number of halogens is 1. The van der Waals surface area contributed by atoms with Crippen LogP contribution in [0.5, 0.6) is 0 Å². The first kappa shape index (κ1) is 14.5. The second-order valence-corrected chi connectivity index (χ2v) is 5.37. The molecule has 0 fully saturated rings. The van der Waals surface area contributed by atoms with Crippen LogP contribution in [0.2, 0.25) is 5.15 Å². The van der Waals surface area contributed by atoms with Crippen molar-refractivity contribution in [3.05, 3.63) is 58.9 Å². The molecule has 1 aliphatic heterocycles. The van der Waals surface area contributed by atoms with Crippen LogP contribution in [0.1, 0.15) is 23.5 Å². The van der Waals surface area contributed by atoms with Gasteiger partial charge in [0.1, 0.15) is 11.8 Å². The molecule has 112 valence electrons. The van der Waals surface area contributed by atoms with Crippen molar-refractivity contribution in [2.75, 3.05) is 5.32 Å². The maximum atomic E-state index is 12.3. The second kappa shape index (κ2) is 6.15. The van der Waals surface area contributed by atoms with E-state index in [0.29, 0.717) is 10.8 Å². The van der Waals surface area contributed by atoms with Gasteiger partial charge in [0, 0.05) is 18.3 Å². The average Bonchev–Trinajstić information content (AvgIpc) is 2.52. The first-order valence-corrected chi connectivity index (χ1v) is 7.17. The maximum Gasteiger partial charge on any atom is 0.314 e. The number of fused-ring (bicyclic) bond motifs is 1. The first-order chi connectivity index (χ1) is 10.6. The Morgan fingerprint density at radius 3 is 3.00 bits per heavy atom. The predicted octanol–water partition coefficient (Wildman–Crippen LogP) is 2.90. The highest BCUT2D eigenvalue weighted by atomic mass is 35.5. The summed E-state index contributed by atoms with van der Waals surface area (Å²) in [6, 6.07) is 10.6. The molecule has 2 heterocycles. The van der Waals surface area contributed by atoms with Gasteiger partial charge in [0.25, 0.3) is 0 Å². The van der Waals surface area contributed by atoms with Crippen LogP contribution in [0.25, 0.3) is 0 Å². The van der Waals surface area contributed by atoms with Gasteiger partial charge in [-0.1, -0.05) is 29.8 Å². The van der Waals surface area contributed by atoms with Crippen LogP contribution in [0, 0.1) is 0 Å². The number of benzene rings is 1. The average molecular weight is 317 g/mol. The minimum atomic E-state index is -0.581. The molecular weight excluding hydrogens is 304 g/mol. The number of hydrogen-bond acceptors (Lipinski definition) is 4. The highest BCUT2D eigenvalue weighted by Gasteiger charge is 2.31. The fourth-order valence-corrected chi connectivity index (χ4v) is 2.61. The van der Waals surface area contributed by atoms with Crippen LogP contribution in [0.15, 0.2) is 42.6 Å². The molecule has 1 aromatic carbocycles. The molecule has 1 aromatic heterocycles. The monoisotopic (exact) mass is 316 g/mol. The molecule has 0 bridgehead atoms. The lowest BCUT2D eigenvalue weighted by atomic mass is 9.91. The van der Waals surface area contributed by atoms with Crippen molar-refractivity contribution in [1.29, 1.82) is 0 Å². The normalized spacial score (nSPS) is 16.6. The van der Waals surface area contributed by atoms with E-state index < -0.39 is 11.9 Å². The standard InChI is InChI=1S/C16H13ClN2O3/c17-14-7-10(5-6-18-14)9-22-16(21)12-8-15(20)19-13-4-2-1-3-11(12)13/h1-7,12H,8-9H2,(H,19,20). The Balaban J connectivity index is 1.74. The number of carbonyl (C=O) groups is 2. The van der Waals surface area contributed by atoms with Gasteiger partial charge in [-0.25, -0.2) is 4.98 Å². The van der Waals surface area contributed by atoms with Crippen molar-refractivity contribution >= 4 is 29.2 Å². The van der Waals surface area contributed by atoms with Crippen LogP contribution in [0.4, 0.5) is 5.69 Å². The molecule has 0 saturated heterocycles. The summed E-state index contributed by atoms with van der Waals surface area (Å²) in [5.41, 5.74) is 2.19. The fraction of sp³-hybridized carbons (Fsp3) is 0.188. The summed E-state index contributed by atoms with van der Waals surface area (Å²) < 4.78 is 5.32. The van der Waals surface area contributed by atoms with Crippen LogP contribution >= 0.6 is 11.6 Å². The van der Waals surface area contributed by atoms with Gasteiger partial charge in [0.15, 0.2) is 0 Å². The van der Waals surface area contributed by atoms with Gasteiger partial charge >= 0.3 is 5.97 Å². The van der Waals surface area contributed by atoms with Crippen LogP contribution in [-0.2, 0) is 20.9 Å². The van der Waals surface area contributed by atoms with Crippen LogP contribution in [-0.4, -0.2) is 16.9 Å². The first-order valence-electron chi connectivity index (χ1n) is 6.79. The van der Waals surface area contributed by atoms with E-state index in [-0.39, 0.29) is 18.9 Å². The summed E-state index contributed by atoms with van der Waals surface area (Å²) in [6.45, 7) is 0.0986. The van der Waals surface area contributed by atoms with E-state index in [1.54, 1.807) is 24.4 Å². The Morgan fingerprint density at radius 1 is 1.36 bits per heavy atom. The van der Waals surface area contributed by atoms with E-state index in [2.05, 4.69) is 10.3 Å². The third kappa shape index (κ3) is 3.09. The number of hydrogen-bond donors (Lipinski definition) is 1. The van der Waals surface area contributed by atoms with Crippen molar-refractivity contribution in [1.82, 2.24) is 4.98 Å². The van der Waals surface area contributed by atoms with E-state index in [4.69, 9.17) is 16.3 Å². The van der Waals surface area contributed by atoms with Crippen molar-refractivity contribution in [2.45, 2.75) is 18.9 Å². The number of aromatic nitrogens is 1. The maximum absolute atomic E-state index is 12.3. The largest absolute Gasteiger partial charge is 0.460 e. The van der Waals surface area contributed by atoms with Crippen molar-refractivity contribution in [3.8, 4) is 0 Å². The highest BCUT2D eigenvalue weighted by Crippen LogP contribution is 2.32.